The van der Waals surface area contributed by atoms with Gasteiger partial charge in [-0.25, -0.2) is 8.42 Å². The predicted molar refractivity (Wildman–Crippen MR) is 76.7 cm³/mol. The smallest absolute Gasteiger partial charge is 0.147 e. The Morgan fingerprint density at radius 3 is 2.50 bits per heavy atom. The summed E-state index contributed by atoms with van der Waals surface area (Å²) >= 11 is 0. The molecule has 0 bridgehead atoms. The standard InChI is InChI=1S/C13H28N2O2S/c1-3-7-14-12-13-5-9-15(10-6-13)8-4-11-18(2,16)17/h13-14H,3-12H2,1-2H3. The Morgan fingerprint density at radius 1 is 1.28 bits per heavy atom. The molecular formula is C13H28N2O2S. The van der Waals surface area contributed by atoms with E-state index < -0.39 is 9.84 Å². The van der Waals surface area contributed by atoms with Crippen LogP contribution in [0, 0.1) is 5.92 Å². The lowest BCUT2D eigenvalue weighted by Crippen LogP contribution is -2.38. The van der Waals surface area contributed by atoms with Gasteiger partial charge in [-0.3, -0.25) is 0 Å². The molecule has 18 heavy (non-hydrogen) atoms. The van der Waals surface area contributed by atoms with E-state index in [0.717, 1.165) is 45.1 Å². The maximum absolute atomic E-state index is 11.0. The van der Waals surface area contributed by atoms with Crippen LogP contribution in [0.3, 0.4) is 0 Å². The molecule has 0 amide bonds. The molecule has 0 aromatic rings. The Labute approximate surface area is 112 Å². The fraction of sp³-hybridized carbons (Fsp3) is 1.00. The van der Waals surface area contributed by atoms with Crippen LogP contribution in [0.1, 0.15) is 32.6 Å². The third-order valence-electron chi connectivity index (χ3n) is 3.56. The van der Waals surface area contributed by atoms with E-state index in [0.29, 0.717) is 5.75 Å². The molecule has 108 valence electrons. The summed E-state index contributed by atoms with van der Waals surface area (Å²) in [4.78, 5) is 2.40. The number of nitrogens with zero attached hydrogens (tertiary/aromatic N) is 1. The zero-order valence-corrected chi connectivity index (χ0v) is 12.6. The van der Waals surface area contributed by atoms with Crippen molar-refractivity contribution in [1.82, 2.24) is 10.2 Å². The molecule has 1 aliphatic rings. The molecule has 0 unspecified atom stereocenters. The lowest BCUT2D eigenvalue weighted by atomic mass is 9.96. The van der Waals surface area contributed by atoms with Crippen molar-refractivity contribution in [3.05, 3.63) is 0 Å². The van der Waals surface area contributed by atoms with Crippen LogP contribution < -0.4 is 5.32 Å². The van der Waals surface area contributed by atoms with Gasteiger partial charge in [-0.2, -0.15) is 0 Å². The lowest BCUT2D eigenvalue weighted by Gasteiger charge is -2.32. The second kappa shape index (κ2) is 8.12. The summed E-state index contributed by atoms with van der Waals surface area (Å²) in [6.07, 6.45) is 5.78. The van der Waals surface area contributed by atoms with Gasteiger partial charge in [0.05, 0.1) is 5.75 Å². The molecule has 0 spiro atoms. The first-order valence-electron chi connectivity index (χ1n) is 7.12. The van der Waals surface area contributed by atoms with Crippen molar-refractivity contribution < 1.29 is 8.42 Å². The number of hydrogen-bond donors (Lipinski definition) is 1. The molecule has 1 fully saturated rings. The van der Waals surface area contributed by atoms with Gasteiger partial charge in [0.25, 0.3) is 0 Å². The van der Waals surface area contributed by atoms with Crippen molar-refractivity contribution in [1.29, 1.82) is 0 Å². The summed E-state index contributed by atoms with van der Waals surface area (Å²) in [6, 6.07) is 0. The summed E-state index contributed by atoms with van der Waals surface area (Å²) in [7, 11) is -2.79. The first-order chi connectivity index (χ1) is 8.51. The molecule has 1 saturated heterocycles. The van der Waals surface area contributed by atoms with Gasteiger partial charge >= 0.3 is 0 Å². The van der Waals surface area contributed by atoms with Crippen molar-refractivity contribution >= 4 is 9.84 Å². The van der Waals surface area contributed by atoms with Gasteiger partial charge in [0.2, 0.25) is 0 Å². The van der Waals surface area contributed by atoms with E-state index in [1.54, 1.807) is 0 Å². The van der Waals surface area contributed by atoms with Crippen LogP contribution >= 0.6 is 0 Å². The predicted octanol–water partition coefficient (Wildman–Crippen LogP) is 1.13. The monoisotopic (exact) mass is 276 g/mol. The van der Waals surface area contributed by atoms with Gasteiger partial charge in [0, 0.05) is 6.26 Å². The normalized spacial score (nSPS) is 19.2. The van der Waals surface area contributed by atoms with Crippen LogP contribution in [0.4, 0.5) is 0 Å². The number of hydrogen-bond acceptors (Lipinski definition) is 4. The average molecular weight is 276 g/mol. The molecule has 0 atom stereocenters. The van der Waals surface area contributed by atoms with Crippen molar-refractivity contribution in [2.75, 3.05) is 44.7 Å². The largest absolute Gasteiger partial charge is 0.316 e. The molecule has 0 radical (unpaired) electrons. The minimum absolute atomic E-state index is 0.324. The highest BCUT2D eigenvalue weighted by molar-refractivity contribution is 7.90. The van der Waals surface area contributed by atoms with Crippen LogP contribution in [0.15, 0.2) is 0 Å². The average Bonchev–Trinajstić information content (AvgIpc) is 2.30. The molecular weight excluding hydrogens is 248 g/mol. The third-order valence-corrected chi connectivity index (χ3v) is 4.59. The van der Waals surface area contributed by atoms with Crippen LogP contribution in [-0.2, 0) is 9.84 Å². The number of rotatable bonds is 8. The number of likely N-dealkylation sites (tertiary alicyclic amines) is 1. The molecule has 1 rings (SSSR count). The van der Waals surface area contributed by atoms with Gasteiger partial charge < -0.3 is 10.2 Å². The Morgan fingerprint density at radius 2 is 1.94 bits per heavy atom. The summed E-state index contributed by atoms with van der Waals surface area (Å²) in [5, 5.41) is 3.48. The molecule has 1 heterocycles. The second-order valence-electron chi connectivity index (χ2n) is 5.47. The van der Waals surface area contributed by atoms with Crippen LogP contribution in [-0.4, -0.2) is 58.1 Å². The van der Waals surface area contributed by atoms with E-state index in [1.165, 1.54) is 25.5 Å². The van der Waals surface area contributed by atoms with Crippen LogP contribution in [0.5, 0.6) is 0 Å². The summed E-state index contributed by atoms with van der Waals surface area (Å²) in [5.41, 5.74) is 0. The van der Waals surface area contributed by atoms with E-state index in [9.17, 15) is 8.42 Å². The highest BCUT2D eigenvalue weighted by Gasteiger charge is 2.18. The van der Waals surface area contributed by atoms with Crippen molar-refractivity contribution in [2.45, 2.75) is 32.6 Å². The van der Waals surface area contributed by atoms with E-state index in [1.807, 2.05) is 0 Å². The summed E-state index contributed by atoms with van der Waals surface area (Å²) in [5.74, 6) is 1.13. The fourth-order valence-electron chi connectivity index (χ4n) is 2.45. The molecule has 0 saturated carbocycles. The van der Waals surface area contributed by atoms with Crippen LogP contribution in [0.25, 0.3) is 0 Å². The Bertz CT molecular complexity index is 309. The second-order valence-corrected chi connectivity index (χ2v) is 7.73. The summed E-state index contributed by atoms with van der Waals surface area (Å²) < 4.78 is 22.1. The Balaban J connectivity index is 2.08. The molecule has 5 heteroatoms. The fourth-order valence-corrected chi connectivity index (χ4v) is 3.10. The lowest BCUT2D eigenvalue weighted by molar-refractivity contribution is 0.183. The molecule has 0 aromatic carbocycles. The number of nitrogens with one attached hydrogen (secondary N) is 1. The van der Waals surface area contributed by atoms with Crippen molar-refractivity contribution in [3.8, 4) is 0 Å². The van der Waals surface area contributed by atoms with E-state index in [4.69, 9.17) is 0 Å². The van der Waals surface area contributed by atoms with Crippen molar-refractivity contribution in [2.24, 2.45) is 5.92 Å². The van der Waals surface area contributed by atoms with Gasteiger partial charge in [-0.1, -0.05) is 6.92 Å². The maximum atomic E-state index is 11.0. The van der Waals surface area contributed by atoms with Gasteiger partial charge in [-0.05, 0) is 64.3 Å². The molecule has 1 N–H and O–H groups in total. The van der Waals surface area contributed by atoms with Gasteiger partial charge in [0.15, 0.2) is 0 Å². The highest BCUT2D eigenvalue weighted by Crippen LogP contribution is 2.16. The van der Waals surface area contributed by atoms with E-state index in [2.05, 4.69) is 17.1 Å². The molecule has 4 nitrogen and oxygen atoms in total. The summed E-state index contributed by atoms with van der Waals surface area (Å²) in [6.45, 7) is 7.64. The molecule has 1 aliphatic heterocycles. The van der Waals surface area contributed by atoms with Crippen LogP contribution in [0.2, 0.25) is 0 Å². The quantitative estimate of drug-likeness (QED) is 0.675. The van der Waals surface area contributed by atoms with E-state index in [-0.39, 0.29) is 0 Å². The Kier molecular flexibility index (Phi) is 7.19. The first-order valence-corrected chi connectivity index (χ1v) is 9.18. The zero-order chi connectivity index (χ0) is 13.4. The number of sulfone groups is 1. The van der Waals surface area contributed by atoms with Gasteiger partial charge in [0.1, 0.15) is 9.84 Å². The highest BCUT2D eigenvalue weighted by atomic mass is 32.2. The minimum Gasteiger partial charge on any atom is -0.316 e. The SMILES string of the molecule is CCCNCC1CCN(CCCS(C)(=O)=O)CC1. The van der Waals surface area contributed by atoms with E-state index >= 15 is 0 Å². The maximum Gasteiger partial charge on any atom is 0.147 e. The first kappa shape index (κ1) is 15.9. The van der Waals surface area contributed by atoms with Gasteiger partial charge in [-0.15, -0.1) is 0 Å². The number of piperidine rings is 1. The third kappa shape index (κ3) is 7.34. The van der Waals surface area contributed by atoms with Crippen molar-refractivity contribution in [3.63, 3.8) is 0 Å². The Hall–Kier alpha value is -0.130. The zero-order valence-electron chi connectivity index (χ0n) is 11.8. The molecule has 0 aromatic heterocycles. The topological polar surface area (TPSA) is 49.4 Å². The molecule has 0 aliphatic carbocycles. The minimum atomic E-state index is -2.79.